The normalized spacial score (nSPS) is 21.3. The second kappa shape index (κ2) is 7.79. The highest BCUT2D eigenvalue weighted by atomic mass is 16.5. The molecule has 2 aromatic heterocycles. The number of ether oxygens (including phenoxy) is 1. The van der Waals surface area contributed by atoms with Crippen LogP contribution in [0.4, 0.5) is 10.5 Å². The van der Waals surface area contributed by atoms with Crippen molar-refractivity contribution >= 4 is 23.5 Å². The minimum absolute atomic E-state index is 0.0559. The van der Waals surface area contributed by atoms with Crippen LogP contribution >= 0.6 is 0 Å². The summed E-state index contributed by atoms with van der Waals surface area (Å²) in [4.78, 5) is 13.8. The van der Waals surface area contributed by atoms with Gasteiger partial charge in [0, 0.05) is 11.8 Å². The third-order valence-corrected chi connectivity index (χ3v) is 5.63. The highest BCUT2D eigenvalue weighted by molar-refractivity contribution is 5.95. The monoisotopic (exact) mass is 405 g/mol. The lowest BCUT2D eigenvalue weighted by atomic mass is 10.0. The topological polar surface area (TPSA) is 92.0 Å². The van der Waals surface area contributed by atoms with Crippen LogP contribution in [0.5, 0.6) is 5.75 Å². The number of carboxylic acid groups (broad SMARTS) is 1. The predicted molar refractivity (Wildman–Crippen MR) is 113 cm³/mol. The first-order valence-corrected chi connectivity index (χ1v) is 10.2. The van der Waals surface area contributed by atoms with Gasteiger partial charge in [0.15, 0.2) is 11.5 Å². The molecule has 0 radical (unpaired) electrons. The first kappa shape index (κ1) is 18.6. The highest BCUT2D eigenvalue weighted by Crippen LogP contribution is 2.42. The van der Waals surface area contributed by atoms with Gasteiger partial charge >= 0.3 is 6.09 Å². The molecule has 1 aromatic carbocycles. The maximum Gasteiger partial charge on any atom is 0.412 e. The van der Waals surface area contributed by atoms with Gasteiger partial charge in [-0.1, -0.05) is 30.4 Å². The van der Waals surface area contributed by atoms with Crippen molar-refractivity contribution in [1.29, 1.82) is 0 Å². The molecule has 2 aliphatic heterocycles. The van der Waals surface area contributed by atoms with Crippen molar-refractivity contribution in [3.05, 3.63) is 60.1 Å². The molecule has 8 heteroatoms. The van der Waals surface area contributed by atoms with Gasteiger partial charge in [0.1, 0.15) is 17.9 Å². The van der Waals surface area contributed by atoms with Crippen LogP contribution in [0.2, 0.25) is 0 Å². The van der Waals surface area contributed by atoms with Crippen LogP contribution in [0.25, 0.3) is 11.7 Å². The number of para-hydroxylation sites is 1. The Morgan fingerprint density at radius 2 is 2.07 bits per heavy atom. The average molecular weight is 405 g/mol. The number of nitrogens with one attached hydrogen (secondary N) is 1. The fraction of sp³-hybridized carbons (Fsp3) is 0.318. The molecule has 0 saturated carbocycles. The molecule has 0 bridgehead atoms. The number of rotatable bonds is 3. The van der Waals surface area contributed by atoms with Crippen molar-refractivity contribution in [2.45, 2.75) is 31.4 Å². The SMILES string of the molecule is O=C(O)N1c2c(cccc2OC2CCCNCC2)C=CC1c1nnc2ccccn12. The molecule has 4 heterocycles. The molecule has 1 fully saturated rings. The van der Waals surface area contributed by atoms with Gasteiger partial charge in [0.2, 0.25) is 0 Å². The fourth-order valence-electron chi connectivity index (χ4n) is 4.21. The summed E-state index contributed by atoms with van der Waals surface area (Å²) in [6.45, 7) is 1.88. The van der Waals surface area contributed by atoms with E-state index in [9.17, 15) is 9.90 Å². The molecule has 5 rings (SSSR count). The Morgan fingerprint density at radius 3 is 2.97 bits per heavy atom. The number of aromatic nitrogens is 3. The maximum atomic E-state index is 12.4. The van der Waals surface area contributed by atoms with E-state index in [1.807, 2.05) is 59.1 Å². The Labute approximate surface area is 173 Å². The molecule has 3 aromatic rings. The fourth-order valence-corrected chi connectivity index (χ4v) is 4.21. The molecule has 154 valence electrons. The summed E-state index contributed by atoms with van der Waals surface area (Å²) in [5.41, 5.74) is 2.04. The number of hydrogen-bond acceptors (Lipinski definition) is 5. The number of hydrogen-bond donors (Lipinski definition) is 2. The van der Waals surface area contributed by atoms with Gasteiger partial charge in [-0.15, -0.1) is 10.2 Å². The summed E-state index contributed by atoms with van der Waals surface area (Å²) in [5.74, 6) is 1.13. The lowest BCUT2D eigenvalue weighted by Crippen LogP contribution is -2.36. The van der Waals surface area contributed by atoms with E-state index in [-0.39, 0.29) is 6.10 Å². The molecule has 2 N–H and O–H groups in total. The summed E-state index contributed by atoms with van der Waals surface area (Å²) in [7, 11) is 0. The van der Waals surface area contributed by atoms with Crippen LogP contribution in [0.15, 0.2) is 48.7 Å². The molecule has 1 saturated heterocycles. The molecule has 30 heavy (non-hydrogen) atoms. The number of amides is 1. The summed E-state index contributed by atoms with van der Waals surface area (Å²) >= 11 is 0. The third kappa shape index (κ3) is 3.29. The van der Waals surface area contributed by atoms with Crippen molar-refractivity contribution in [2.24, 2.45) is 0 Å². The van der Waals surface area contributed by atoms with E-state index < -0.39 is 12.1 Å². The van der Waals surface area contributed by atoms with E-state index >= 15 is 0 Å². The summed E-state index contributed by atoms with van der Waals surface area (Å²) < 4.78 is 8.16. The Kier molecular flexibility index (Phi) is 4.84. The molecule has 8 nitrogen and oxygen atoms in total. The van der Waals surface area contributed by atoms with Gasteiger partial charge in [-0.25, -0.2) is 4.79 Å². The van der Waals surface area contributed by atoms with Crippen LogP contribution in [0.3, 0.4) is 0 Å². The van der Waals surface area contributed by atoms with Gasteiger partial charge in [-0.3, -0.25) is 9.30 Å². The van der Waals surface area contributed by atoms with Gasteiger partial charge in [-0.05, 0) is 50.6 Å². The van der Waals surface area contributed by atoms with E-state index in [1.165, 1.54) is 4.90 Å². The minimum atomic E-state index is -1.06. The molecule has 2 atom stereocenters. The predicted octanol–water partition coefficient (Wildman–Crippen LogP) is 3.50. The van der Waals surface area contributed by atoms with Gasteiger partial charge in [0.05, 0.1) is 5.69 Å². The number of carbonyl (C=O) groups is 1. The number of nitrogens with zero attached hydrogens (tertiary/aromatic N) is 4. The quantitative estimate of drug-likeness (QED) is 0.693. The molecular weight excluding hydrogens is 382 g/mol. The maximum absolute atomic E-state index is 12.4. The third-order valence-electron chi connectivity index (χ3n) is 5.63. The summed E-state index contributed by atoms with van der Waals surface area (Å²) in [6.07, 6.45) is 7.50. The van der Waals surface area contributed by atoms with Crippen molar-refractivity contribution in [2.75, 3.05) is 18.0 Å². The smallest absolute Gasteiger partial charge is 0.412 e. The minimum Gasteiger partial charge on any atom is -0.488 e. The van der Waals surface area contributed by atoms with E-state index in [1.54, 1.807) is 0 Å². The number of pyridine rings is 1. The zero-order valence-electron chi connectivity index (χ0n) is 16.4. The van der Waals surface area contributed by atoms with Gasteiger partial charge in [-0.2, -0.15) is 0 Å². The van der Waals surface area contributed by atoms with Crippen molar-refractivity contribution < 1.29 is 14.6 Å². The second-order valence-corrected chi connectivity index (χ2v) is 7.56. The lowest BCUT2D eigenvalue weighted by molar-refractivity contribution is 0.184. The van der Waals surface area contributed by atoms with Crippen LogP contribution in [-0.2, 0) is 0 Å². The first-order chi connectivity index (χ1) is 14.7. The summed E-state index contributed by atoms with van der Waals surface area (Å²) in [5, 5.41) is 22.0. The van der Waals surface area contributed by atoms with E-state index in [4.69, 9.17) is 4.74 Å². The highest BCUT2D eigenvalue weighted by Gasteiger charge is 2.35. The average Bonchev–Trinajstić information content (AvgIpc) is 3.02. The lowest BCUT2D eigenvalue weighted by Gasteiger charge is -2.32. The van der Waals surface area contributed by atoms with Gasteiger partial charge in [0.25, 0.3) is 0 Å². The van der Waals surface area contributed by atoms with Crippen LogP contribution in [0.1, 0.15) is 36.7 Å². The number of fused-ring (bicyclic) bond motifs is 2. The Bertz CT molecular complexity index is 1100. The van der Waals surface area contributed by atoms with Crippen LogP contribution in [0, 0.1) is 0 Å². The van der Waals surface area contributed by atoms with Crippen LogP contribution in [-0.4, -0.2) is 45.0 Å². The largest absolute Gasteiger partial charge is 0.488 e. The molecule has 0 spiro atoms. The van der Waals surface area contributed by atoms with E-state index in [0.29, 0.717) is 22.9 Å². The zero-order chi connectivity index (χ0) is 20.5. The van der Waals surface area contributed by atoms with E-state index in [2.05, 4.69) is 15.5 Å². The standard InChI is InChI=1S/C22H23N5O3/c28-22(29)27-17(21-25-24-19-8-1-2-14-26(19)21)10-9-15-5-3-7-18(20(15)27)30-16-6-4-12-23-13-11-16/h1-3,5,7-10,14,16-17,23H,4,6,11-13H2,(H,28,29). The summed E-state index contributed by atoms with van der Waals surface area (Å²) in [6, 6.07) is 10.7. The molecular formula is C22H23N5O3. The van der Waals surface area contributed by atoms with Crippen LogP contribution < -0.4 is 15.0 Å². The van der Waals surface area contributed by atoms with Crippen molar-refractivity contribution in [1.82, 2.24) is 19.9 Å². The molecule has 2 unspecified atom stereocenters. The molecule has 0 aliphatic carbocycles. The Balaban J connectivity index is 1.56. The van der Waals surface area contributed by atoms with E-state index in [0.717, 1.165) is 37.9 Å². The van der Waals surface area contributed by atoms with Crippen molar-refractivity contribution in [3.8, 4) is 5.75 Å². The Hall–Kier alpha value is -3.39. The number of anilines is 1. The van der Waals surface area contributed by atoms with Gasteiger partial charge < -0.3 is 15.2 Å². The molecule has 1 amide bonds. The first-order valence-electron chi connectivity index (χ1n) is 10.2. The number of benzene rings is 1. The zero-order valence-corrected chi connectivity index (χ0v) is 16.4. The Morgan fingerprint density at radius 1 is 1.13 bits per heavy atom. The molecule has 2 aliphatic rings. The van der Waals surface area contributed by atoms with Crippen molar-refractivity contribution in [3.63, 3.8) is 0 Å². The second-order valence-electron chi connectivity index (χ2n) is 7.56.